The fourth-order valence-electron chi connectivity index (χ4n) is 8.11. The van der Waals surface area contributed by atoms with E-state index < -0.39 is 0 Å². The van der Waals surface area contributed by atoms with E-state index in [1.54, 1.807) is 0 Å². The van der Waals surface area contributed by atoms with Crippen molar-refractivity contribution in [2.45, 2.75) is 6.54 Å². The summed E-state index contributed by atoms with van der Waals surface area (Å²) < 4.78 is 19.4. The summed E-state index contributed by atoms with van der Waals surface area (Å²) in [7, 11) is 0. The van der Waals surface area contributed by atoms with Gasteiger partial charge in [-0.3, -0.25) is 4.99 Å². The van der Waals surface area contributed by atoms with Gasteiger partial charge >= 0.3 is 0 Å². The second kappa shape index (κ2) is 12.8. The lowest BCUT2D eigenvalue weighted by Gasteiger charge is -2.11. The molecule has 6 nitrogen and oxygen atoms in total. The summed E-state index contributed by atoms with van der Waals surface area (Å²) >= 11 is 0. The molecule has 8 aromatic carbocycles. The Hall–Kier alpha value is -7.57. The summed E-state index contributed by atoms with van der Waals surface area (Å²) in [6, 6.07) is 55.5. The van der Waals surface area contributed by atoms with Gasteiger partial charge in [0.1, 0.15) is 33.5 Å². The van der Waals surface area contributed by atoms with Crippen LogP contribution in [0.4, 0.5) is 0 Å². The molecule has 0 fully saturated rings. The Morgan fingerprint density at radius 3 is 1.82 bits per heavy atom. The van der Waals surface area contributed by atoms with E-state index in [2.05, 4.69) is 90.6 Å². The average molecular weight is 722 g/mol. The van der Waals surface area contributed by atoms with E-state index in [4.69, 9.17) is 23.2 Å². The van der Waals surface area contributed by atoms with Crippen molar-refractivity contribution in [1.82, 2.24) is 0 Å². The van der Waals surface area contributed by atoms with Gasteiger partial charge in [-0.15, -0.1) is 0 Å². The van der Waals surface area contributed by atoms with Crippen LogP contribution in [-0.4, -0.2) is 18.4 Å². The van der Waals surface area contributed by atoms with Crippen molar-refractivity contribution in [3.63, 3.8) is 0 Å². The lowest BCUT2D eigenvalue weighted by atomic mass is 9.94. The minimum atomic E-state index is 0.421. The number of amidine groups is 2. The molecular weight excluding hydrogens is 691 g/mol. The Kier molecular flexibility index (Phi) is 7.29. The maximum Gasteiger partial charge on any atom is 0.161 e. The molecule has 0 radical (unpaired) electrons. The first-order chi connectivity index (χ1) is 27.7. The summed E-state index contributed by atoms with van der Waals surface area (Å²) in [6.45, 7) is 4.51. The molecule has 6 heteroatoms. The van der Waals surface area contributed by atoms with Gasteiger partial charge in [-0.25, -0.2) is 9.98 Å². The maximum absolute atomic E-state index is 6.60. The number of aliphatic imine (C=N–C) groups is 3. The van der Waals surface area contributed by atoms with E-state index in [-0.39, 0.29) is 0 Å². The Bertz CT molecular complexity index is 3420. The Morgan fingerprint density at radius 2 is 1.05 bits per heavy atom. The number of hydrogen-bond donors (Lipinski definition) is 0. The molecule has 0 amide bonds. The van der Waals surface area contributed by atoms with E-state index in [1.807, 2.05) is 84.9 Å². The standard InChI is InChI=1S/C50H31N3O3/c1-51-49(53-50(52-29-30-13-3-2-4-14-30)37-20-12-24-43-47(37)35-17-7-9-21-40(35)54-43)39-26-33(28-45-48(39)36-18-8-10-22-41(36)55-45)34-19-11-23-42-46(34)38-25-31-15-5-6-16-32(31)27-44(38)56-42/h2-28H,1,29H2/b52-50-,53-49-. The Labute approximate surface area is 320 Å². The van der Waals surface area contributed by atoms with E-state index >= 15 is 0 Å². The van der Waals surface area contributed by atoms with Gasteiger partial charge in [0, 0.05) is 43.4 Å². The van der Waals surface area contributed by atoms with Gasteiger partial charge in [0.25, 0.3) is 0 Å². The highest BCUT2D eigenvalue weighted by Crippen LogP contribution is 2.42. The van der Waals surface area contributed by atoms with Gasteiger partial charge in [-0.2, -0.15) is 0 Å². The Balaban J connectivity index is 1.18. The first-order valence-corrected chi connectivity index (χ1v) is 18.5. The molecule has 0 atom stereocenters. The molecule has 0 aliphatic carbocycles. The third-order valence-corrected chi connectivity index (χ3v) is 10.7. The molecule has 0 aliphatic heterocycles. The van der Waals surface area contributed by atoms with E-state index in [9.17, 15) is 0 Å². The SMILES string of the molecule is C=N/C(=N\C(=N/Cc1ccccc1)c1cccc2oc3ccccc3c12)c1cc(-c2cccc3oc4cc5ccccc5cc4c23)cc2oc3ccccc3c12. The predicted octanol–water partition coefficient (Wildman–Crippen LogP) is 13.3. The van der Waals surface area contributed by atoms with Crippen molar-refractivity contribution >= 4 is 95.0 Å². The smallest absolute Gasteiger partial charge is 0.161 e. The zero-order chi connectivity index (χ0) is 37.2. The van der Waals surface area contributed by atoms with Crippen molar-refractivity contribution in [3.8, 4) is 11.1 Å². The molecule has 0 saturated heterocycles. The lowest BCUT2D eigenvalue weighted by molar-refractivity contribution is 0.668. The minimum Gasteiger partial charge on any atom is -0.456 e. The van der Waals surface area contributed by atoms with Crippen LogP contribution in [0, 0.1) is 0 Å². The van der Waals surface area contributed by atoms with Gasteiger partial charge in [0.15, 0.2) is 11.7 Å². The first kappa shape index (κ1) is 31.9. The number of nitrogens with zero attached hydrogens (tertiary/aromatic N) is 3. The van der Waals surface area contributed by atoms with Crippen LogP contribution < -0.4 is 0 Å². The highest BCUT2D eigenvalue weighted by Gasteiger charge is 2.22. The predicted molar refractivity (Wildman–Crippen MR) is 230 cm³/mol. The van der Waals surface area contributed by atoms with Gasteiger partial charge in [0.05, 0.1) is 6.54 Å². The molecule has 0 saturated carbocycles. The summed E-state index contributed by atoms with van der Waals surface area (Å²) in [6.07, 6.45) is 0. The monoisotopic (exact) mass is 721 g/mol. The highest BCUT2D eigenvalue weighted by molar-refractivity contribution is 6.26. The highest BCUT2D eigenvalue weighted by atomic mass is 16.3. The zero-order valence-electron chi connectivity index (χ0n) is 30.1. The number of hydrogen-bond acceptors (Lipinski definition) is 4. The normalized spacial score (nSPS) is 12.6. The van der Waals surface area contributed by atoms with Crippen LogP contribution in [-0.2, 0) is 6.54 Å². The minimum absolute atomic E-state index is 0.421. The second-order valence-corrected chi connectivity index (χ2v) is 14.0. The average Bonchev–Trinajstić information content (AvgIpc) is 3.94. The first-order valence-electron chi connectivity index (χ1n) is 18.5. The molecule has 0 N–H and O–H groups in total. The quantitative estimate of drug-likeness (QED) is 0.131. The summed E-state index contributed by atoms with van der Waals surface area (Å²) in [4.78, 5) is 15.2. The molecule has 264 valence electrons. The number of fused-ring (bicyclic) bond motifs is 10. The van der Waals surface area contributed by atoms with E-state index in [0.29, 0.717) is 18.2 Å². The van der Waals surface area contributed by atoms with Gasteiger partial charge in [-0.05, 0) is 82.7 Å². The van der Waals surface area contributed by atoms with Crippen LogP contribution in [0.2, 0.25) is 0 Å². The fourth-order valence-corrected chi connectivity index (χ4v) is 8.11. The third kappa shape index (κ3) is 5.15. The van der Waals surface area contributed by atoms with Gasteiger partial charge in [0.2, 0.25) is 0 Å². The van der Waals surface area contributed by atoms with Gasteiger partial charge < -0.3 is 13.3 Å². The number of para-hydroxylation sites is 2. The molecule has 56 heavy (non-hydrogen) atoms. The van der Waals surface area contributed by atoms with E-state index in [0.717, 1.165) is 104 Å². The van der Waals surface area contributed by atoms with Crippen molar-refractivity contribution in [3.05, 3.63) is 180 Å². The van der Waals surface area contributed by atoms with Crippen LogP contribution in [0.5, 0.6) is 0 Å². The van der Waals surface area contributed by atoms with Crippen LogP contribution in [0.25, 0.3) is 87.7 Å². The van der Waals surface area contributed by atoms with Crippen molar-refractivity contribution in [2.75, 3.05) is 0 Å². The molecule has 0 unspecified atom stereocenters. The molecule has 0 bridgehead atoms. The second-order valence-electron chi connectivity index (χ2n) is 14.0. The lowest BCUT2D eigenvalue weighted by Crippen LogP contribution is -2.07. The molecular formula is C50H31N3O3. The molecule has 0 spiro atoms. The fraction of sp³-hybridized carbons (Fsp3) is 0.0200. The van der Waals surface area contributed by atoms with Gasteiger partial charge in [-0.1, -0.05) is 115 Å². The molecule has 11 aromatic rings. The zero-order valence-corrected chi connectivity index (χ0v) is 30.1. The number of rotatable bonds is 5. The Morgan fingerprint density at radius 1 is 0.446 bits per heavy atom. The summed E-state index contributed by atoms with van der Waals surface area (Å²) in [5, 5.41) is 8.17. The molecule has 11 rings (SSSR count). The van der Waals surface area contributed by atoms with Crippen LogP contribution >= 0.6 is 0 Å². The summed E-state index contributed by atoms with van der Waals surface area (Å²) in [5.41, 5.74) is 9.35. The van der Waals surface area contributed by atoms with Crippen LogP contribution in [0.3, 0.4) is 0 Å². The van der Waals surface area contributed by atoms with Crippen molar-refractivity contribution in [1.29, 1.82) is 0 Å². The molecule has 3 heterocycles. The maximum atomic E-state index is 6.60. The third-order valence-electron chi connectivity index (χ3n) is 10.7. The largest absolute Gasteiger partial charge is 0.456 e. The van der Waals surface area contributed by atoms with E-state index in [1.165, 1.54) is 0 Å². The molecule has 0 aliphatic rings. The number of benzene rings is 8. The van der Waals surface area contributed by atoms with Crippen LogP contribution in [0.1, 0.15) is 16.7 Å². The number of furan rings is 3. The topological polar surface area (TPSA) is 76.5 Å². The summed E-state index contributed by atoms with van der Waals surface area (Å²) in [5.74, 6) is 0.949. The molecule has 3 aromatic heterocycles. The van der Waals surface area contributed by atoms with Crippen molar-refractivity contribution < 1.29 is 13.3 Å². The van der Waals surface area contributed by atoms with Crippen molar-refractivity contribution in [2.24, 2.45) is 15.0 Å². The van der Waals surface area contributed by atoms with Crippen LogP contribution in [0.15, 0.2) is 192 Å².